The molecule has 16 heavy (non-hydrogen) atoms. The van der Waals surface area contributed by atoms with E-state index in [0.717, 1.165) is 5.56 Å². The first-order valence-corrected chi connectivity index (χ1v) is 5.35. The van der Waals surface area contributed by atoms with Crippen LogP contribution in [0.2, 0.25) is 0 Å². The van der Waals surface area contributed by atoms with Crippen LogP contribution in [0.1, 0.15) is 12.0 Å². The van der Waals surface area contributed by atoms with Crippen LogP contribution in [0.25, 0.3) is 0 Å². The van der Waals surface area contributed by atoms with Gasteiger partial charge in [0.1, 0.15) is 0 Å². The lowest BCUT2D eigenvalue weighted by Gasteiger charge is -2.17. The maximum Gasteiger partial charge on any atom is 0.256 e. The molecule has 0 aliphatic carbocycles. The summed E-state index contributed by atoms with van der Waals surface area (Å²) in [5.74, 6) is -0.844. The van der Waals surface area contributed by atoms with Crippen molar-refractivity contribution in [1.82, 2.24) is 4.90 Å². The highest BCUT2D eigenvalue weighted by atomic mass is 19.1. The van der Waals surface area contributed by atoms with Crippen molar-refractivity contribution >= 4 is 5.91 Å². The number of benzene rings is 1. The summed E-state index contributed by atoms with van der Waals surface area (Å²) < 4.78 is 13.9. The summed E-state index contributed by atoms with van der Waals surface area (Å²) >= 11 is 0. The van der Waals surface area contributed by atoms with Crippen LogP contribution >= 0.6 is 0 Å². The monoisotopic (exact) mass is 222 g/mol. The maximum atomic E-state index is 13.9. The number of likely N-dealkylation sites (tertiary alicyclic amines) is 1. The van der Waals surface area contributed by atoms with Crippen molar-refractivity contribution < 1.29 is 9.18 Å². The number of halogens is 1. The third kappa shape index (κ3) is 2.22. The molecular weight excluding hydrogens is 207 g/mol. The molecule has 0 radical (unpaired) electrons. The minimum Gasteiger partial charge on any atom is -0.367 e. The molecule has 1 aliphatic rings. The van der Waals surface area contributed by atoms with E-state index in [9.17, 15) is 9.18 Å². The fourth-order valence-corrected chi connectivity index (χ4v) is 2.03. The molecule has 4 heteroatoms. The van der Waals surface area contributed by atoms with Crippen LogP contribution in [-0.2, 0) is 11.3 Å². The Balaban J connectivity index is 1.98. The van der Waals surface area contributed by atoms with E-state index in [1.165, 1.54) is 0 Å². The molecule has 1 atom stereocenters. The molecule has 1 fully saturated rings. The predicted molar refractivity (Wildman–Crippen MR) is 59.4 cm³/mol. The molecule has 1 aromatic carbocycles. The van der Waals surface area contributed by atoms with Gasteiger partial charge in [-0.3, -0.25) is 9.69 Å². The number of carbonyl (C=O) groups excluding carboxylic acids is 1. The molecule has 0 spiro atoms. The SMILES string of the molecule is NC(=O)[C@@]1(F)CCN(Cc2ccccc2)C1. The van der Waals surface area contributed by atoms with Crippen molar-refractivity contribution in [3.05, 3.63) is 35.9 Å². The van der Waals surface area contributed by atoms with Gasteiger partial charge in [0.2, 0.25) is 5.67 Å². The molecule has 0 saturated carbocycles. The maximum absolute atomic E-state index is 13.9. The summed E-state index contributed by atoms with van der Waals surface area (Å²) in [7, 11) is 0. The summed E-state index contributed by atoms with van der Waals surface area (Å²) in [6, 6.07) is 9.81. The van der Waals surface area contributed by atoms with Crippen LogP contribution in [0.5, 0.6) is 0 Å². The van der Waals surface area contributed by atoms with Gasteiger partial charge in [0.05, 0.1) is 0 Å². The van der Waals surface area contributed by atoms with Gasteiger partial charge in [0, 0.05) is 26.1 Å². The highest BCUT2D eigenvalue weighted by Gasteiger charge is 2.43. The van der Waals surface area contributed by atoms with Crippen molar-refractivity contribution in [3.8, 4) is 0 Å². The second kappa shape index (κ2) is 4.22. The topological polar surface area (TPSA) is 46.3 Å². The number of amides is 1. The van der Waals surface area contributed by atoms with Crippen molar-refractivity contribution in [3.63, 3.8) is 0 Å². The van der Waals surface area contributed by atoms with Crippen LogP contribution in [0.3, 0.4) is 0 Å². The summed E-state index contributed by atoms with van der Waals surface area (Å²) in [5.41, 5.74) is 4.33. The summed E-state index contributed by atoms with van der Waals surface area (Å²) in [6.45, 7) is 1.35. The zero-order chi connectivity index (χ0) is 11.6. The normalized spacial score (nSPS) is 25.8. The van der Waals surface area contributed by atoms with E-state index in [2.05, 4.69) is 0 Å². The molecule has 1 aliphatic heterocycles. The molecule has 0 aromatic heterocycles. The van der Waals surface area contributed by atoms with Gasteiger partial charge in [0.15, 0.2) is 0 Å². The molecule has 0 bridgehead atoms. The fraction of sp³-hybridized carbons (Fsp3) is 0.417. The first-order valence-electron chi connectivity index (χ1n) is 5.35. The van der Waals surface area contributed by atoms with Crippen LogP contribution in [0.15, 0.2) is 30.3 Å². The highest BCUT2D eigenvalue weighted by Crippen LogP contribution is 2.26. The lowest BCUT2D eigenvalue weighted by atomic mass is 10.1. The number of nitrogens with two attached hydrogens (primary N) is 1. The number of primary amides is 1. The van der Waals surface area contributed by atoms with Crippen LogP contribution in [-0.4, -0.2) is 29.6 Å². The van der Waals surface area contributed by atoms with Crippen molar-refractivity contribution in [2.75, 3.05) is 13.1 Å². The molecule has 2 N–H and O–H groups in total. The number of hydrogen-bond donors (Lipinski definition) is 1. The van der Waals surface area contributed by atoms with Crippen LogP contribution in [0.4, 0.5) is 4.39 Å². The average Bonchev–Trinajstić information content (AvgIpc) is 2.63. The Morgan fingerprint density at radius 3 is 2.69 bits per heavy atom. The van der Waals surface area contributed by atoms with E-state index in [4.69, 9.17) is 5.73 Å². The van der Waals surface area contributed by atoms with E-state index in [0.29, 0.717) is 13.1 Å². The van der Waals surface area contributed by atoms with Gasteiger partial charge in [0.25, 0.3) is 5.91 Å². The molecule has 2 rings (SSSR count). The predicted octanol–water partition coefficient (Wildman–Crippen LogP) is 1.09. The molecule has 1 amide bonds. The Kier molecular flexibility index (Phi) is 2.92. The highest BCUT2D eigenvalue weighted by molar-refractivity contribution is 5.84. The molecule has 0 unspecified atom stereocenters. The number of rotatable bonds is 3. The standard InChI is InChI=1S/C12H15FN2O/c13-12(11(14)16)6-7-15(9-12)8-10-4-2-1-3-5-10/h1-5H,6-9H2,(H2,14,16)/t12-/m1/s1. The third-order valence-corrected chi connectivity index (χ3v) is 2.99. The average molecular weight is 222 g/mol. The van der Waals surface area contributed by atoms with Crippen molar-refractivity contribution in [1.29, 1.82) is 0 Å². The van der Waals surface area contributed by atoms with Gasteiger partial charge in [-0.1, -0.05) is 30.3 Å². The van der Waals surface area contributed by atoms with E-state index in [1.807, 2.05) is 35.2 Å². The quantitative estimate of drug-likeness (QED) is 0.832. The Hall–Kier alpha value is -1.42. The zero-order valence-electron chi connectivity index (χ0n) is 9.03. The Morgan fingerprint density at radius 2 is 2.12 bits per heavy atom. The second-order valence-corrected chi connectivity index (χ2v) is 4.28. The molecule has 1 heterocycles. The largest absolute Gasteiger partial charge is 0.367 e. The van der Waals surface area contributed by atoms with Crippen LogP contribution in [0, 0.1) is 0 Å². The minimum atomic E-state index is -1.84. The van der Waals surface area contributed by atoms with E-state index < -0.39 is 11.6 Å². The smallest absolute Gasteiger partial charge is 0.256 e. The summed E-state index contributed by atoms with van der Waals surface area (Å²) in [6.07, 6.45) is 0.204. The zero-order valence-corrected chi connectivity index (χ0v) is 9.03. The van der Waals surface area contributed by atoms with Gasteiger partial charge < -0.3 is 5.73 Å². The summed E-state index contributed by atoms with van der Waals surface area (Å²) in [4.78, 5) is 12.9. The molecule has 1 aromatic rings. The van der Waals surface area contributed by atoms with Gasteiger partial charge >= 0.3 is 0 Å². The Morgan fingerprint density at radius 1 is 1.44 bits per heavy atom. The lowest BCUT2D eigenvalue weighted by Crippen LogP contribution is -2.42. The van der Waals surface area contributed by atoms with Crippen molar-refractivity contribution in [2.24, 2.45) is 5.73 Å². The van der Waals surface area contributed by atoms with Crippen LogP contribution < -0.4 is 5.73 Å². The summed E-state index contributed by atoms with van der Waals surface area (Å²) in [5, 5.41) is 0. The van der Waals surface area contributed by atoms with Gasteiger partial charge in [-0.05, 0) is 5.56 Å². The van der Waals surface area contributed by atoms with Gasteiger partial charge in [-0.2, -0.15) is 0 Å². The van der Waals surface area contributed by atoms with Gasteiger partial charge in [-0.25, -0.2) is 4.39 Å². The number of alkyl halides is 1. The van der Waals surface area contributed by atoms with Crippen molar-refractivity contribution in [2.45, 2.75) is 18.6 Å². The second-order valence-electron chi connectivity index (χ2n) is 4.28. The third-order valence-electron chi connectivity index (χ3n) is 2.99. The lowest BCUT2D eigenvalue weighted by molar-refractivity contribution is -0.128. The number of nitrogens with zero attached hydrogens (tertiary/aromatic N) is 1. The van der Waals surface area contributed by atoms with E-state index in [-0.39, 0.29) is 13.0 Å². The van der Waals surface area contributed by atoms with E-state index in [1.54, 1.807) is 0 Å². The number of carbonyl (C=O) groups is 1. The molecule has 3 nitrogen and oxygen atoms in total. The first kappa shape index (κ1) is 11.1. The Bertz CT molecular complexity index is 382. The molecule has 86 valence electrons. The minimum absolute atomic E-state index is 0.108. The van der Waals surface area contributed by atoms with Gasteiger partial charge in [-0.15, -0.1) is 0 Å². The fourth-order valence-electron chi connectivity index (χ4n) is 2.03. The number of hydrogen-bond acceptors (Lipinski definition) is 2. The Labute approximate surface area is 94.0 Å². The first-order chi connectivity index (χ1) is 7.60. The van der Waals surface area contributed by atoms with E-state index >= 15 is 0 Å². The molecule has 1 saturated heterocycles. The molecular formula is C12H15FN2O.